The second-order valence-electron chi connectivity index (χ2n) is 7.96. The number of fused-ring (bicyclic) bond motifs is 1. The SMILES string of the molecule is CCOc1cc(NC(=O)c2cc(=O)n(C)c3ccccc23)c(OCC)cc1NC(=O)c1ccccc1. The third-order valence-electron chi connectivity index (χ3n) is 5.61. The van der Waals surface area contributed by atoms with Crippen LogP contribution in [0.1, 0.15) is 34.6 Å². The summed E-state index contributed by atoms with van der Waals surface area (Å²) in [6, 6.07) is 20.6. The second kappa shape index (κ2) is 10.8. The molecule has 8 heteroatoms. The summed E-state index contributed by atoms with van der Waals surface area (Å²) in [5, 5.41) is 6.36. The highest BCUT2D eigenvalue weighted by Gasteiger charge is 2.19. The number of benzene rings is 3. The van der Waals surface area contributed by atoms with Crippen molar-refractivity contribution in [3.8, 4) is 11.5 Å². The molecule has 0 fully saturated rings. The highest BCUT2D eigenvalue weighted by molar-refractivity contribution is 6.13. The Balaban J connectivity index is 1.72. The summed E-state index contributed by atoms with van der Waals surface area (Å²) in [6.07, 6.45) is 0. The fourth-order valence-corrected chi connectivity index (χ4v) is 3.88. The van der Waals surface area contributed by atoms with Crippen molar-refractivity contribution in [2.75, 3.05) is 23.8 Å². The number of aryl methyl sites for hydroxylation is 1. The lowest BCUT2D eigenvalue weighted by atomic mass is 10.1. The Kier molecular flexibility index (Phi) is 7.34. The molecule has 0 saturated carbocycles. The van der Waals surface area contributed by atoms with Crippen LogP contribution >= 0.6 is 0 Å². The topological polar surface area (TPSA) is 98.7 Å². The molecule has 2 N–H and O–H groups in total. The van der Waals surface area contributed by atoms with Gasteiger partial charge < -0.3 is 24.7 Å². The Hall–Kier alpha value is -4.59. The third kappa shape index (κ3) is 5.07. The van der Waals surface area contributed by atoms with Crippen molar-refractivity contribution in [3.05, 3.63) is 94.3 Å². The molecule has 4 aromatic rings. The van der Waals surface area contributed by atoms with Gasteiger partial charge in [0.2, 0.25) is 0 Å². The molecule has 2 amide bonds. The molecule has 0 spiro atoms. The summed E-state index contributed by atoms with van der Waals surface area (Å²) in [5.41, 5.74) is 1.86. The molecule has 3 aromatic carbocycles. The van der Waals surface area contributed by atoms with E-state index in [2.05, 4.69) is 10.6 Å². The molecular weight excluding hydrogens is 458 g/mol. The van der Waals surface area contributed by atoms with Crippen LogP contribution in [0.2, 0.25) is 0 Å². The lowest BCUT2D eigenvalue weighted by Gasteiger charge is -2.18. The molecule has 0 bridgehead atoms. The van der Waals surface area contributed by atoms with E-state index in [4.69, 9.17) is 9.47 Å². The van der Waals surface area contributed by atoms with Crippen molar-refractivity contribution in [2.45, 2.75) is 13.8 Å². The molecule has 0 aliphatic heterocycles. The fraction of sp³-hybridized carbons (Fsp3) is 0.179. The zero-order valence-electron chi connectivity index (χ0n) is 20.3. The molecule has 0 unspecified atom stereocenters. The van der Waals surface area contributed by atoms with Gasteiger partial charge in [-0.25, -0.2) is 0 Å². The van der Waals surface area contributed by atoms with E-state index < -0.39 is 5.91 Å². The van der Waals surface area contributed by atoms with Crippen molar-refractivity contribution in [1.82, 2.24) is 4.57 Å². The number of para-hydroxylation sites is 1. The molecular formula is C28H27N3O5. The van der Waals surface area contributed by atoms with Crippen LogP contribution in [0.3, 0.4) is 0 Å². The van der Waals surface area contributed by atoms with Gasteiger partial charge in [-0.3, -0.25) is 14.4 Å². The number of rotatable bonds is 8. The first-order chi connectivity index (χ1) is 17.4. The Morgan fingerprint density at radius 3 is 1.94 bits per heavy atom. The summed E-state index contributed by atoms with van der Waals surface area (Å²) in [4.78, 5) is 38.6. The molecule has 0 aliphatic carbocycles. The molecule has 1 aromatic heterocycles. The first-order valence-corrected chi connectivity index (χ1v) is 11.6. The van der Waals surface area contributed by atoms with Crippen molar-refractivity contribution in [3.63, 3.8) is 0 Å². The number of carbonyl (C=O) groups is 2. The maximum atomic E-state index is 13.3. The van der Waals surface area contributed by atoms with Gasteiger partial charge in [0.25, 0.3) is 17.4 Å². The fourth-order valence-electron chi connectivity index (χ4n) is 3.88. The molecule has 36 heavy (non-hydrogen) atoms. The van der Waals surface area contributed by atoms with Crippen LogP contribution in [-0.4, -0.2) is 29.6 Å². The number of amides is 2. The number of nitrogens with one attached hydrogen (secondary N) is 2. The monoisotopic (exact) mass is 485 g/mol. The van der Waals surface area contributed by atoms with Crippen LogP contribution < -0.4 is 25.7 Å². The number of nitrogens with zero attached hydrogens (tertiary/aromatic N) is 1. The van der Waals surface area contributed by atoms with E-state index in [0.717, 1.165) is 0 Å². The molecule has 4 rings (SSSR count). The second-order valence-corrected chi connectivity index (χ2v) is 7.96. The van der Waals surface area contributed by atoms with E-state index in [1.165, 1.54) is 10.6 Å². The lowest BCUT2D eigenvalue weighted by Crippen LogP contribution is -2.22. The molecule has 1 heterocycles. The lowest BCUT2D eigenvalue weighted by molar-refractivity contribution is 0.101. The average molecular weight is 486 g/mol. The van der Waals surface area contributed by atoms with Gasteiger partial charge in [0.05, 0.1) is 35.7 Å². The average Bonchev–Trinajstić information content (AvgIpc) is 2.89. The van der Waals surface area contributed by atoms with Gasteiger partial charge in [0.1, 0.15) is 11.5 Å². The number of anilines is 2. The summed E-state index contributed by atoms with van der Waals surface area (Å²) in [6.45, 7) is 4.31. The van der Waals surface area contributed by atoms with Crippen molar-refractivity contribution < 1.29 is 19.1 Å². The van der Waals surface area contributed by atoms with Gasteiger partial charge in [-0.2, -0.15) is 0 Å². The number of pyridine rings is 1. The number of aromatic nitrogens is 1. The highest BCUT2D eigenvalue weighted by Crippen LogP contribution is 2.37. The van der Waals surface area contributed by atoms with E-state index in [0.29, 0.717) is 52.6 Å². The predicted octanol–water partition coefficient (Wildman–Crippen LogP) is 4.84. The van der Waals surface area contributed by atoms with Gasteiger partial charge in [-0.1, -0.05) is 36.4 Å². The van der Waals surface area contributed by atoms with Crippen LogP contribution in [0, 0.1) is 0 Å². The van der Waals surface area contributed by atoms with E-state index >= 15 is 0 Å². The largest absolute Gasteiger partial charge is 0.492 e. The Bertz CT molecular complexity index is 1480. The van der Waals surface area contributed by atoms with Gasteiger partial charge >= 0.3 is 0 Å². The third-order valence-corrected chi connectivity index (χ3v) is 5.61. The van der Waals surface area contributed by atoms with Crippen LogP contribution in [0.5, 0.6) is 11.5 Å². The van der Waals surface area contributed by atoms with Gasteiger partial charge in [0, 0.05) is 36.2 Å². The van der Waals surface area contributed by atoms with Gasteiger partial charge in [-0.05, 0) is 32.0 Å². The van der Waals surface area contributed by atoms with E-state index in [-0.39, 0.29) is 17.0 Å². The maximum absolute atomic E-state index is 13.3. The predicted molar refractivity (Wildman–Crippen MR) is 140 cm³/mol. The minimum Gasteiger partial charge on any atom is -0.492 e. The summed E-state index contributed by atoms with van der Waals surface area (Å²) in [5.74, 6) is -0.0454. The first kappa shape index (κ1) is 24.5. The Labute approximate surface area is 208 Å². The number of ether oxygens (including phenoxy) is 2. The molecule has 0 aliphatic rings. The van der Waals surface area contributed by atoms with E-state index in [1.54, 1.807) is 55.6 Å². The van der Waals surface area contributed by atoms with Crippen LogP contribution in [-0.2, 0) is 7.05 Å². The van der Waals surface area contributed by atoms with Crippen LogP contribution in [0.4, 0.5) is 11.4 Å². The number of carbonyl (C=O) groups excluding carboxylic acids is 2. The highest BCUT2D eigenvalue weighted by atomic mass is 16.5. The molecule has 0 radical (unpaired) electrons. The Morgan fingerprint density at radius 2 is 1.33 bits per heavy atom. The number of hydrogen-bond donors (Lipinski definition) is 2. The van der Waals surface area contributed by atoms with Gasteiger partial charge in [0.15, 0.2) is 0 Å². The quantitative estimate of drug-likeness (QED) is 0.372. The normalized spacial score (nSPS) is 10.6. The zero-order chi connectivity index (χ0) is 25.7. The molecule has 184 valence electrons. The first-order valence-electron chi connectivity index (χ1n) is 11.6. The van der Waals surface area contributed by atoms with E-state index in [1.807, 2.05) is 32.0 Å². The van der Waals surface area contributed by atoms with Crippen molar-refractivity contribution in [2.24, 2.45) is 7.05 Å². The minimum atomic E-state index is -0.464. The minimum absolute atomic E-state index is 0.246. The Morgan fingerprint density at radius 1 is 0.778 bits per heavy atom. The van der Waals surface area contributed by atoms with Crippen molar-refractivity contribution >= 4 is 34.1 Å². The van der Waals surface area contributed by atoms with Gasteiger partial charge in [-0.15, -0.1) is 0 Å². The summed E-state index contributed by atoms with van der Waals surface area (Å²) >= 11 is 0. The van der Waals surface area contributed by atoms with Crippen molar-refractivity contribution in [1.29, 1.82) is 0 Å². The van der Waals surface area contributed by atoms with Crippen LogP contribution in [0.15, 0.2) is 77.6 Å². The molecule has 8 nitrogen and oxygen atoms in total. The molecule has 0 atom stereocenters. The van der Waals surface area contributed by atoms with E-state index in [9.17, 15) is 14.4 Å². The summed E-state index contributed by atoms with van der Waals surface area (Å²) in [7, 11) is 1.66. The zero-order valence-corrected chi connectivity index (χ0v) is 20.3. The molecule has 0 saturated heterocycles. The summed E-state index contributed by atoms with van der Waals surface area (Å²) < 4.78 is 13.0. The smallest absolute Gasteiger partial charge is 0.256 e. The van der Waals surface area contributed by atoms with Crippen LogP contribution in [0.25, 0.3) is 10.9 Å². The standard InChI is InChI=1S/C28H27N3O5/c1-4-35-24-17-22(25(36-5-2)16-21(24)29-27(33)18-11-7-6-8-12-18)30-28(34)20-15-26(32)31(3)23-14-10-9-13-19(20)23/h6-17H,4-5H2,1-3H3,(H,29,33)(H,30,34). The maximum Gasteiger partial charge on any atom is 0.256 e. The number of hydrogen-bond acceptors (Lipinski definition) is 5.